The monoisotopic (exact) mass is 298 g/mol. The van der Waals surface area contributed by atoms with Crippen LogP contribution in [0, 0.1) is 0 Å². The van der Waals surface area contributed by atoms with Crippen molar-refractivity contribution in [3.05, 3.63) is 34.3 Å². The van der Waals surface area contributed by atoms with Crippen LogP contribution in [0.4, 0.5) is 0 Å². The SMILES string of the molecule is O=C1CC(OC(=O)c2ccccc2Br)C(=O)O1. The Bertz CT molecular complexity index is 496. The first-order valence-electron chi connectivity index (χ1n) is 4.78. The number of carbonyl (C=O) groups excluding carboxylic acids is 3. The molecule has 0 N–H and O–H groups in total. The Balaban J connectivity index is 2.10. The molecule has 17 heavy (non-hydrogen) atoms. The minimum absolute atomic E-state index is 0.227. The molecule has 1 aromatic rings. The first-order valence-corrected chi connectivity index (χ1v) is 5.57. The molecule has 1 aliphatic rings. The molecule has 0 aliphatic carbocycles. The maximum Gasteiger partial charge on any atom is 0.355 e. The molecule has 5 nitrogen and oxygen atoms in total. The van der Waals surface area contributed by atoms with Gasteiger partial charge in [0.15, 0.2) is 0 Å². The number of esters is 3. The van der Waals surface area contributed by atoms with E-state index in [2.05, 4.69) is 20.7 Å². The summed E-state index contributed by atoms with van der Waals surface area (Å²) in [4.78, 5) is 33.6. The molecule has 0 aromatic heterocycles. The summed E-state index contributed by atoms with van der Waals surface area (Å²) >= 11 is 3.19. The molecule has 0 bridgehead atoms. The fraction of sp³-hybridized carbons (Fsp3) is 0.182. The number of carbonyl (C=O) groups is 3. The van der Waals surface area contributed by atoms with Crippen molar-refractivity contribution < 1.29 is 23.9 Å². The summed E-state index contributed by atoms with van der Waals surface area (Å²) in [5.74, 6) is -2.18. The third-order valence-corrected chi connectivity index (χ3v) is 2.86. The van der Waals surface area contributed by atoms with Gasteiger partial charge in [0.25, 0.3) is 0 Å². The maximum absolute atomic E-state index is 11.7. The second-order valence-electron chi connectivity index (χ2n) is 3.37. The average molecular weight is 299 g/mol. The van der Waals surface area contributed by atoms with Crippen LogP contribution >= 0.6 is 15.9 Å². The zero-order chi connectivity index (χ0) is 12.4. The van der Waals surface area contributed by atoms with Gasteiger partial charge in [0, 0.05) is 4.47 Å². The van der Waals surface area contributed by atoms with Gasteiger partial charge in [0.2, 0.25) is 6.10 Å². The van der Waals surface area contributed by atoms with Crippen LogP contribution in [-0.4, -0.2) is 24.0 Å². The van der Waals surface area contributed by atoms with Crippen LogP contribution in [0.15, 0.2) is 28.7 Å². The van der Waals surface area contributed by atoms with E-state index in [9.17, 15) is 14.4 Å². The molecule has 0 amide bonds. The van der Waals surface area contributed by atoms with E-state index < -0.39 is 24.0 Å². The Morgan fingerprint density at radius 2 is 2.06 bits per heavy atom. The van der Waals surface area contributed by atoms with Crippen LogP contribution in [0.5, 0.6) is 0 Å². The van der Waals surface area contributed by atoms with E-state index in [4.69, 9.17) is 4.74 Å². The van der Waals surface area contributed by atoms with Gasteiger partial charge in [0.1, 0.15) is 0 Å². The molecule has 1 atom stereocenters. The van der Waals surface area contributed by atoms with Gasteiger partial charge in [0.05, 0.1) is 12.0 Å². The van der Waals surface area contributed by atoms with E-state index in [1.807, 2.05) is 0 Å². The van der Waals surface area contributed by atoms with E-state index in [1.165, 1.54) is 0 Å². The first kappa shape index (κ1) is 11.8. The summed E-state index contributed by atoms with van der Waals surface area (Å²) in [6, 6.07) is 6.64. The summed E-state index contributed by atoms with van der Waals surface area (Å²) in [7, 11) is 0. The van der Waals surface area contributed by atoms with Crippen molar-refractivity contribution in [3.8, 4) is 0 Å². The molecule has 1 aromatic carbocycles. The highest BCUT2D eigenvalue weighted by atomic mass is 79.9. The fourth-order valence-corrected chi connectivity index (χ4v) is 1.81. The zero-order valence-corrected chi connectivity index (χ0v) is 10.1. The number of halogens is 1. The normalized spacial score (nSPS) is 19.0. The molecular formula is C11H7BrO5. The lowest BCUT2D eigenvalue weighted by atomic mass is 10.2. The number of rotatable bonds is 2. The number of cyclic esters (lactones) is 2. The van der Waals surface area contributed by atoms with Crippen molar-refractivity contribution in [2.24, 2.45) is 0 Å². The molecule has 1 unspecified atom stereocenters. The highest BCUT2D eigenvalue weighted by molar-refractivity contribution is 9.10. The second-order valence-corrected chi connectivity index (χ2v) is 4.23. The summed E-state index contributed by atoms with van der Waals surface area (Å²) in [6.45, 7) is 0. The standard InChI is InChI=1S/C11H7BrO5/c12-7-4-2-1-3-6(7)10(14)16-8-5-9(13)17-11(8)15/h1-4,8H,5H2. The van der Waals surface area contributed by atoms with Crippen LogP contribution in [-0.2, 0) is 19.1 Å². The first-order chi connectivity index (χ1) is 8.08. The van der Waals surface area contributed by atoms with E-state index in [0.29, 0.717) is 10.0 Å². The van der Waals surface area contributed by atoms with Gasteiger partial charge < -0.3 is 9.47 Å². The number of hydrogen-bond acceptors (Lipinski definition) is 5. The van der Waals surface area contributed by atoms with Crippen molar-refractivity contribution in [1.29, 1.82) is 0 Å². The molecular weight excluding hydrogens is 292 g/mol. The number of hydrogen-bond donors (Lipinski definition) is 0. The lowest BCUT2D eigenvalue weighted by molar-refractivity contribution is -0.154. The van der Waals surface area contributed by atoms with E-state index >= 15 is 0 Å². The predicted octanol–water partition coefficient (Wildman–Crippen LogP) is 1.45. The lowest BCUT2D eigenvalue weighted by Gasteiger charge is -2.08. The van der Waals surface area contributed by atoms with Crippen LogP contribution in [0.2, 0.25) is 0 Å². The average Bonchev–Trinajstić information content (AvgIpc) is 2.58. The molecule has 2 rings (SSSR count). The van der Waals surface area contributed by atoms with Gasteiger partial charge >= 0.3 is 17.9 Å². The molecule has 0 saturated carbocycles. The van der Waals surface area contributed by atoms with E-state index in [1.54, 1.807) is 24.3 Å². The molecule has 1 heterocycles. The minimum Gasteiger partial charge on any atom is -0.446 e. The van der Waals surface area contributed by atoms with Gasteiger partial charge in [-0.2, -0.15) is 0 Å². The minimum atomic E-state index is -1.14. The topological polar surface area (TPSA) is 69.7 Å². The Kier molecular flexibility index (Phi) is 3.23. The summed E-state index contributed by atoms with van der Waals surface area (Å²) in [5.41, 5.74) is 0.291. The Labute approximate surface area is 105 Å². The highest BCUT2D eigenvalue weighted by Gasteiger charge is 2.37. The van der Waals surface area contributed by atoms with Gasteiger partial charge in [-0.3, -0.25) is 4.79 Å². The summed E-state index contributed by atoms with van der Waals surface area (Å²) in [5, 5.41) is 0. The van der Waals surface area contributed by atoms with Crippen molar-refractivity contribution in [2.75, 3.05) is 0 Å². The Morgan fingerprint density at radius 1 is 1.35 bits per heavy atom. The zero-order valence-electron chi connectivity index (χ0n) is 8.51. The molecule has 1 saturated heterocycles. The Morgan fingerprint density at radius 3 is 2.65 bits per heavy atom. The molecule has 0 spiro atoms. The third-order valence-electron chi connectivity index (χ3n) is 2.17. The van der Waals surface area contributed by atoms with Crippen LogP contribution in [0.25, 0.3) is 0 Å². The molecule has 0 radical (unpaired) electrons. The molecule has 1 fully saturated rings. The van der Waals surface area contributed by atoms with Crippen LogP contribution < -0.4 is 0 Å². The molecule has 6 heteroatoms. The van der Waals surface area contributed by atoms with Gasteiger partial charge in [-0.15, -0.1) is 0 Å². The predicted molar refractivity (Wildman–Crippen MR) is 59.1 cm³/mol. The quantitative estimate of drug-likeness (QED) is 0.610. The van der Waals surface area contributed by atoms with Crippen molar-refractivity contribution in [3.63, 3.8) is 0 Å². The second kappa shape index (κ2) is 4.67. The number of benzene rings is 1. The third kappa shape index (κ3) is 2.52. The highest BCUT2D eigenvalue weighted by Crippen LogP contribution is 2.19. The van der Waals surface area contributed by atoms with Crippen molar-refractivity contribution >= 4 is 33.8 Å². The fourth-order valence-electron chi connectivity index (χ4n) is 1.36. The number of ether oxygens (including phenoxy) is 2. The van der Waals surface area contributed by atoms with Crippen molar-refractivity contribution in [2.45, 2.75) is 12.5 Å². The smallest absolute Gasteiger partial charge is 0.355 e. The lowest BCUT2D eigenvalue weighted by Crippen LogP contribution is -2.22. The summed E-state index contributed by atoms with van der Waals surface area (Å²) < 4.78 is 9.73. The van der Waals surface area contributed by atoms with Crippen LogP contribution in [0.1, 0.15) is 16.8 Å². The summed E-state index contributed by atoms with van der Waals surface area (Å²) in [6.07, 6.45) is -1.36. The van der Waals surface area contributed by atoms with Gasteiger partial charge in [-0.1, -0.05) is 12.1 Å². The van der Waals surface area contributed by atoms with Gasteiger partial charge in [-0.05, 0) is 28.1 Å². The maximum atomic E-state index is 11.7. The van der Waals surface area contributed by atoms with E-state index in [-0.39, 0.29) is 6.42 Å². The molecule has 1 aliphatic heterocycles. The van der Waals surface area contributed by atoms with Crippen LogP contribution in [0.3, 0.4) is 0 Å². The van der Waals surface area contributed by atoms with E-state index in [0.717, 1.165) is 0 Å². The molecule has 88 valence electrons. The van der Waals surface area contributed by atoms with Crippen molar-refractivity contribution in [1.82, 2.24) is 0 Å². The van der Waals surface area contributed by atoms with Gasteiger partial charge in [-0.25, -0.2) is 9.59 Å². The largest absolute Gasteiger partial charge is 0.446 e. The Hall–Kier alpha value is -1.69.